The van der Waals surface area contributed by atoms with E-state index in [1.807, 2.05) is 6.92 Å². The summed E-state index contributed by atoms with van der Waals surface area (Å²) in [6, 6.07) is 0.195. The van der Waals surface area contributed by atoms with Gasteiger partial charge in [0.2, 0.25) is 5.91 Å². The molecule has 0 aromatic carbocycles. The van der Waals surface area contributed by atoms with Gasteiger partial charge in [0.25, 0.3) is 0 Å². The molecule has 0 aromatic rings. The number of rotatable bonds is 10. The largest absolute Gasteiger partial charge is 0.385 e. The monoisotopic (exact) mass is 270 g/mol. The lowest BCUT2D eigenvalue weighted by Crippen LogP contribution is -2.47. The van der Waals surface area contributed by atoms with Crippen molar-refractivity contribution in [2.24, 2.45) is 5.41 Å². The second-order valence-electron chi connectivity index (χ2n) is 5.87. The smallest absolute Gasteiger partial charge is 0.237 e. The maximum absolute atomic E-state index is 12.0. The van der Waals surface area contributed by atoms with Crippen LogP contribution in [-0.4, -0.2) is 38.3 Å². The molecule has 0 aliphatic heterocycles. The molecule has 112 valence electrons. The van der Waals surface area contributed by atoms with Gasteiger partial charge in [0, 0.05) is 26.3 Å². The molecule has 1 atom stereocenters. The van der Waals surface area contributed by atoms with E-state index in [0.29, 0.717) is 11.5 Å². The molecule has 0 spiro atoms. The van der Waals surface area contributed by atoms with Crippen LogP contribution in [0.5, 0.6) is 0 Å². The summed E-state index contributed by atoms with van der Waals surface area (Å²) in [5.74, 6) is 0.122. The highest BCUT2D eigenvalue weighted by Crippen LogP contribution is 2.48. The van der Waals surface area contributed by atoms with E-state index in [-0.39, 0.29) is 11.9 Å². The first kappa shape index (κ1) is 16.4. The van der Waals surface area contributed by atoms with Crippen LogP contribution in [0.2, 0.25) is 0 Å². The van der Waals surface area contributed by atoms with Crippen molar-refractivity contribution in [1.29, 1.82) is 0 Å². The molecule has 0 heterocycles. The summed E-state index contributed by atoms with van der Waals surface area (Å²) in [5.41, 5.74) is 0.388. The third kappa shape index (κ3) is 5.49. The maximum atomic E-state index is 12.0. The van der Waals surface area contributed by atoms with Crippen molar-refractivity contribution >= 4 is 5.91 Å². The molecule has 1 aliphatic rings. The standard InChI is InChI=1S/C15H30N2O2/c1-5-13(6-2)17-14(18)12(3)16-11-15(7-8-15)9-10-19-4/h12-13,16H,5-11H2,1-4H3,(H,17,18). The van der Waals surface area contributed by atoms with Gasteiger partial charge in [0.1, 0.15) is 0 Å². The Hall–Kier alpha value is -0.610. The zero-order chi connectivity index (χ0) is 14.3. The van der Waals surface area contributed by atoms with Crippen LogP contribution in [0.25, 0.3) is 0 Å². The Balaban J connectivity index is 2.26. The van der Waals surface area contributed by atoms with E-state index in [2.05, 4.69) is 24.5 Å². The van der Waals surface area contributed by atoms with Crippen LogP contribution in [0.3, 0.4) is 0 Å². The highest BCUT2D eigenvalue weighted by atomic mass is 16.5. The van der Waals surface area contributed by atoms with Crippen molar-refractivity contribution in [2.75, 3.05) is 20.3 Å². The number of carbonyl (C=O) groups excluding carboxylic acids is 1. The topological polar surface area (TPSA) is 50.4 Å². The number of hydrogen-bond donors (Lipinski definition) is 2. The molecular formula is C15H30N2O2. The summed E-state index contributed by atoms with van der Waals surface area (Å²) in [5, 5.41) is 6.47. The Morgan fingerprint density at radius 1 is 1.32 bits per heavy atom. The Kier molecular flexibility index (Phi) is 6.80. The third-order valence-corrected chi connectivity index (χ3v) is 4.30. The molecule has 1 rings (SSSR count). The molecule has 1 saturated carbocycles. The maximum Gasteiger partial charge on any atom is 0.237 e. The van der Waals surface area contributed by atoms with Gasteiger partial charge in [-0.25, -0.2) is 0 Å². The number of ether oxygens (including phenoxy) is 1. The van der Waals surface area contributed by atoms with Crippen molar-refractivity contribution in [1.82, 2.24) is 10.6 Å². The molecule has 2 N–H and O–H groups in total. The van der Waals surface area contributed by atoms with Gasteiger partial charge in [-0.2, -0.15) is 0 Å². The Bertz CT molecular complexity index is 273. The lowest BCUT2D eigenvalue weighted by Gasteiger charge is -2.22. The van der Waals surface area contributed by atoms with Crippen LogP contribution in [0.15, 0.2) is 0 Å². The number of hydrogen-bond acceptors (Lipinski definition) is 3. The summed E-state index contributed by atoms with van der Waals surface area (Å²) in [6.45, 7) is 7.90. The summed E-state index contributed by atoms with van der Waals surface area (Å²) in [7, 11) is 1.75. The average Bonchev–Trinajstić information content (AvgIpc) is 3.20. The SMILES string of the molecule is CCC(CC)NC(=O)C(C)NCC1(CCOC)CC1. The molecule has 0 aromatic heterocycles. The van der Waals surface area contributed by atoms with E-state index in [0.717, 1.165) is 32.4 Å². The van der Waals surface area contributed by atoms with Crippen LogP contribution in [-0.2, 0) is 9.53 Å². The molecule has 4 nitrogen and oxygen atoms in total. The first-order valence-corrected chi connectivity index (χ1v) is 7.59. The van der Waals surface area contributed by atoms with Gasteiger partial charge >= 0.3 is 0 Å². The zero-order valence-corrected chi connectivity index (χ0v) is 12.9. The first-order valence-electron chi connectivity index (χ1n) is 7.59. The van der Waals surface area contributed by atoms with Gasteiger partial charge in [0.05, 0.1) is 6.04 Å². The minimum Gasteiger partial charge on any atom is -0.385 e. The van der Waals surface area contributed by atoms with Gasteiger partial charge in [-0.15, -0.1) is 0 Å². The van der Waals surface area contributed by atoms with Crippen LogP contribution in [0.1, 0.15) is 52.9 Å². The number of nitrogens with one attached hydrogen (secondary N) is 2. The molecule has 0 saturated heterocycles. The van der Waals surface area contributed by atoms with Gasteiger partial charge in [-0.1, -0.05) is 13.8 Å². The van der Waals surface area contributed by atoms with Crippen LogP contribution < -0.4 is 10.6 Å². The van der Waals surface area contributed by atoms with Crippen LogP contribution in [0, 0.1) is 5.41 Å². The second kappa shape index (κ2) is 7.85. The summed E-state index contributed by atoms with van der Waals surface area (Å²) >= 11 is 0. The minimum absolute atomic E-state index is 0.111. The van der Waals surface area contributed by atoms with E-state index in [1.54, 1.807) is 7.11 Å². The number of carbonyl (C=O) groups is 1. The molecule has 0 radical (unpaired) electrons. The molecule has 19 heavy (non-hydrogen) atoms. The lowest BCUT2D eigenvalue weighted by atomic mass is 10.0. The third-order valence-electron chi connectivity index (χ3n) is 4.30. The quantitative estimate of drug-likeness (QED) is 0.639. The van der Waals surface area contributed by atoms with Crippen molar-refractivity contribution < 1.29 is 9.53 Å². The zero-order valence-electron chi connectivity index (χ0n) is 12.9. The number of amides is 1. The van der Waals surface area contributed by atoms with E-state index in [4.69, 9.17) is 4.74 Å². The van der Waals surface area contributed by atoms with E-state index in [1.165, 1.54) is 12.8 Å². The normalized spacial score (nSPS) is 18.4. The highest BCUT2D eigenvalue weighted by Gasteiger charge is 2.42. The summed E-state index contributed by atoms with van der Waals surface area (Å²) < 4.78 is 5.15. The number of methoxy groups -OCH3 is 1. The lowest BCUT2D eigenvalue weighted by molar-refractivity contribution is -0.123. The molecule has 1 amide bonds. The van der Waals surface area contributed by atoms with Crippen molar-refractivity contribution in [3.05, 3.63) is 0 Å². The first-order chi connectivity index (χ1) is 9.06. The average molecular weight is 270 g/mol. The van der Waals surface area contributed by atoms with Gasteiger partial charge in [-0.05, 0) is 44.4 Å². The Morgan fingerprint density at radius 2 is 1.95 bits per heavy atom. The van der Waals surface area contributed by atoms with Gasteiger partial charge in [-0.3, -0.25) is 4.79 Å². The summed E-state index contributed by atoms with van der Waals surface area (Å²) in [4.78, 5) is 12.0. The predicted octanol–water partition coefficient (Wildman–Crippen LogP) is 2.09. The van der Waals surface area contributed by atoms with E-state index in [9.17, 15) is 4.79 Å². The predicted molar refractivity (Wildman–Crippen MR) is 78.1 cm³/mol. The molecule has 0 bridgehead atoms. The van der Waals surface area contributed by atoms with E-state index >= 15 is 0 Å². The summed E-state index contributed by atoms with van der Waals surface area (Å²) in [6.07, 6.45) is 5.59. The molecule has 4 heteroatoms. The molecule has 1 fully saturated rings. The van der Waals surface area contributed by atoms with Crippen LogP contribution in [0.4, 0.5) is 0 Å². The fourth-order valence-corrected chi connectivity index (χ4v) is 2.29. The molecular weight excluding hydrogens is 240 g/mol. The fraction of sp³-hybridized carbons (Fsp3) is 0.933. The van der Waals surface area contributed by atoms with Gasteiger partial charge < -0.3 is 15.4 Å². The Morgan fingerprint density at radius 3 is 2.42 bits per heavy atom. The minimum atomic E-state index is -0.111. The molecule has 1 aliphatic carbocycles. The van der Waals surface area contributed by atoms with Crippen molar-refractivity contribution in [3.63, 3.8) is 0 Å². The van der Waals surface area contributed by atoms with Gasteiger partial charge in [0.15, 0.2) is 0 Å². The second-order valence-corrected chi connectivity index (χ2v) is 5.87. The van der Waals surface area contributed by atoms with E-state index < -0.39 is 0 Å². The highest BCUT2D eigenvalue weighted by molar-refractivity contribution is 5.81. The van der Waals surface area contributed by atoms with Crippen molar-refractivity contribution in [2.45, 2.75) is 65.0 Å². The van der Waals surface area contributed by atoms with Crippen LogP contribution >= 0.6 is 0 Å². The van der Waals surface area contributed by atoms with Crippen molar-refractivity contribution in [3.8, 4) is 0 Å². The molecule has 1 unspecified atom stereocenters. The fourth-order valence-electron chi connectivity index (χ4n) is 2.29. The Labute approximate surface area is 117 Å².